The number of hydrogen-bond acceptors (Lipinski definition) is 3. The van der Waals surface area contributed by atoms with Crippen molar-refractivity contribution in [3.63, 3.8) is 0 Å². The number of rotatable bonds is 5. The topological polar surface area (TPSA) is 81.7 Å². The van der Waals surface area contributed by atoms with E-state index >= 15 is 0 Å². The molecule has 1 unspecified atom stereocenters. The lowest BCUT2D eigenvalue weighted by Gasteiger charge is -2.30. The number of anilines is 1. The van der Waals surface area contributed by atoms with Crippen molar-refractivity contribution in [1.82, 2.24) is 10.2 Å². The molecule has 1 fully saturated rings. The van der Waals surface area contributed by atoms with Crippen molar-refractivity contribution in [3.8, 4) is 0 Å². The molecule has 0 aliphatic carbocycles. The van der Waals surface area contributed by atoms with Gasteiger partial charge in [-0.2, -0.15) is 0 Å². The Labute approximate surface area is 173 Å². The van der Waals surface area contributed by atoms with Crippen molar-refractivity contribution in [2.75, 3.05) is 25.0 Å². The molecule has 0 saturated carbocycles. The monoisotopic (exact) mass is 417 g/mol. The average molecular weight is 417 g/mol. The van der Waals surface area contributed by atoms with Gasteiger partial charge in [0.05, 0.1) is 6.10 Å². The number of hydrogen-bond donors (Lipinski definition) is 3. The highest BCUT2D eigenvalue weighted by Gasteiger charge is 2.21. The summed E-state index contributed by atoms with van der Waals surface area (Å²) in [6, 6.07) is 8.79. The number of aliphatic hydroxyl groups excluding tert-OH is 1. The van der Waals surface area contributed by atoms with E-state index in [2.05, 4.69) is 17.6 Å². The van der Waals surface area contributed by atoms with Gasteiger partial charge in [0, 0.05) is 42.5 Å². The molecule has 0 radical (unpaired) electrons. The van der Waals surface area contributed by atoms with E-state index in [1.165, 1.54) is 0 Å². The number of piperidine rings is 1. The second kappa shape index (κ2) is 9.67. The van der Waals surface area contributed by atoms with E-state index in [1.807, 2.05) is 4.90 Å². The molecule has 2 aromatic carbocycles. The number of carbonyl (C=O) groups is 2. The van der Waals surface area contributed by atoms with Crippen LogP contribution in [0.3, 0.4) is 0 Å². The quantitative estimate of drug-likeness (QED) is 0.694. The highest BCUT2D eigenvalue weighted by atomic mass is 19.1. The van der Waals surface area contributed by atoms with E-state index in [0.717, 1.165) is 38.1 Å². The zero-order valence-electron chi connectivity index (χ0n) is 16.7. The minimum Gasteiger partial charge on any atom is -0.386 e. The highest BCUT2D eigenvalue weighted by Crippen LogP contribution is 2.20. The molecule has 2 aromatic rings. The van der Waals surface area contributed by atoms with Crippen LogP contribution in [-0.4, -0.2) is 41.6 Å². The van der Waals surface area contributed by atoms with Gasteiger partial charge in [0.1, 0.15) is 11.6 Å². The summed E-state index contributed by atoms with van der Waals surface area (Å²) in [5, 5.41) is 15.0. The van der Waals surface area contributed by atoms with Crippen LogP contribution in [-0.2, 0) is 0 Å². The van der Waals surface area contributed by atoms with Crippen LogP contribution < -0.4 is 10.6 Å². The molecule has 1 aliphatic rings. The van der Waals surface area contributed by atoms with Crippen LogP contribution in [0.15, 0.2) is 42.5 Å². The minimum atomic E-state index is -1.32. The molecule has 6 nitrogen and oxygen atoms in total. The van der Waals surface area contributed by atoms with Crippen LogP contribution in [0.25, 0.3) is 0 Å². The second-order valence-electron chi connectivity index (χ2n) is 7.57. The summed E-state index contributed by atoms with van der Waals surface area (Å²) >= 11 is 0. The van der Waals surface area contributed by atoms with E-state index in [4.69, 9.17) is 0 Å². The van der Waals surface area contributed by atoms with Crippen LogP contribution in [0, 0.1) is 17.6 Å². The van der Waals surface area contributed by atoms with Gasteiger partial charge in [-0.1, -0.05) is 13.0 Å². The maximum atomic E-state index is 13.7. The fourth-order valence-corrected chi connectivity index (χ4v) is 3.34. The fourth-order valence-electron chi connectivity index (χ4n) is 3.34. The van der Waals surface area contributed by atoms with Crippen molar-refractivity contribution in [1.29, 1.82) is 0 Å². The molecule has 3 rings (SSSR count). The maximum absolute atomic E-state index is 13.7. The van der Waals surface area contributed by atoms with Gasteiger partial charge in [0.15, 0.2) is 0 Å². The third kappa shape index (κ3) is 5.54. The van der Waals surface area contributed by atoms with Gasteiger partial charge in [-0.05, 0) is 49.1 Å². The normalized spacial score (nSPS) is 15.5. The molecule has 0 bridgehead atoms. The predicted molar refractivity (Wildman–Crippen MR) is 109 cm³/mol. The van der Waals surface area contributed by atoms with Crippen LogP contribution in [0.1, 0.15) is 41.8 Å². The van der Waals surface area contributed by atoms with E-state index in [0.29, 0.717) is 23.2 Å². The van der Waals surface area contributed by atoms with E-state index in [9.17, 15) is 23.5 Å². The van der Waals surface area contributed by atoms with Crippen LogP contribution in [0.2, 0.25) is 0 Å². The molecule has 1 atom stereocenters. The van der Waals surface area contributed by atoms with Crippen LogP contribution in [0.4, 0.5) is 19.3 Å². The first kappa shape index (κ1) is 21.7. The number of nitrogens with zero attached hydrogens (tertiary/aromatic N) is 1. The lowest BCUT2D eigenvalue weighted by molar-refractivity contribution is 0.0697. The first-order valence-electron chi connectivity index (χ1n) is 9.90. The number of halogens is 2. The molecule has 8 heteroatoms. The first-order valence-corrected chi connectivity index (χ1v) is 9.90. The molecule has 0 aromatic heterocycles. The summed E-state index contributed by atoms with van der Waals surface area (Å²) < 4.78 is 26.6. The van der Waals surface area contributed by atoms with Crippen molar-refractivity contribution in [3.05, 3.63) is 65.2 Å². The third-order valence-corrected chi connectivity index (χ3v) is 5.24. The number of likely N-dealkylation sites (tertiary alicyclic amines) is 1. The lowest BCUT2D eigenvalue weighted by Crippen LogP contribution is -2.37. The van der Waals surface area contributed by atoms with Crippen molar-refractivity contribution >= 4 is 17.6 Å². The number of amides is 3. The Morgan fingerprint density at radius 3 is 2.43 bits per heavy atom. The Bertz CT molecular complexity index is 897. The van der Waals surface area contributed by atoms with Gasteiger partial charge in [0.25, 0.3) is 5.91 Å². The number of urea groups is 1. The summed E-state index contributed by atoms with van der Waals surface area (Å²) in [6.45, 7) is 3.43. The Morgan fingerprint density at radius 1 is 1.13 bits per heavy atom. The fraction of sp³-hybridized carbons (Fsp3) is 0.364. The van der Waals surface area contributed by atoms with Crippen LogP contribution in [0.5, 0.6) is 0 Å². The number of aliphatic hydroxyl groups is 1. The maximum Gasteiger partial charge on any atom is 0.319 e. The molecular weight excluding hydrogens is 392 g/mol. The van der Waals surface area contributed by atoms with Gasteiger partial charge >= 0.3 is 6.03 Å². The molecule has 30 heavy (non-hydrogen) atoms. The SMILES string of the molecule is CC1CCN(C(=O)c2ccc(NC(=O)NCC(O)c3ccc(F)cc3F)cc2)CC1. The van der Waals surface area contributed by atoms with E-state index < -0.39 is 23.8 Å². The summed E-state index contributed by atoms with van der Waals surface area (Å²) in [5.74, 6) is -1.02. The molecule has 0 spiro atoms. The zero-order valence-corrected chi connectivity index (χ0v) is 16.7. The van der Waals surface area contributed by atoms with Crippen molar-refractivity contribution in [2.24, 2.45) is 5.92 Å². The van der Waals surface area contributed by atoms with Crippen molar-refractivity contribution in [2.45, 2.75) is 25.9 Å². The van der Waals surface area contributed by atoms with Gasteiger partial charge in [-0.3, -0.25) is 4.79 Å². The summed E-state index contributed by atoms with van der Waals surface area (Å²) in [5.41, 5.74) is 0.920. The van der Waals surface area contributed by atoms with Crippen molar-refractivity contribution < 1.29 is 23.5 Å². The molecule has 160 valence electrons. The van der Waals surface area contributed by atoms with Gasteiger partial charge in [0.2, 0.25) is 0 Å². The average Bonchev–Trinajstić information content (AvgIpc) is 2.72. The number of benzene rings is 2. The Morgan fingerprint density at radius 2 is 1.80 bits per heavy atom. The first-order chi connectivity index (χ1) is 14.3. The minimum absolute atomic E-state index is 0.0256. The number of carbonyl (C=O) groups excluding carboxylic acids is 2. The zero-order chi connectivity index (χ0) is 21.7. The summed E-state index contributed by atoms with van der Waals surface area (Å²) in [7, 11) is 0. The molecule has 1 heterocycles. The Balaban J connectivity index is 1.50. The second-order valence-corrected chi connectivity index (χ2v) is 7.57. The third-order valence-electron chi connectivity index (χ3n) is 5.24. The number of nitrogens with one attached hydrogen (secondary N) is 2. The Hall–Kier alpha value is -3.00. The molecule has 1 aliphatic heterocycles. The van der Waals surface area contributed by atoms with Crippen LogP contribution >= 0.6 is 0 Å². The largest absolute Gasteiger partial charge is 0.386 e. The molecule has 1 saturated heterocycles. The van der Waals surface area contributed by atoms with E-state index in [1.54, 1.807) is 24.3 Å². The molecule has 3 N–H and O–H groups in total. The van der Waals surface area contributed by atoms with Gasteiger partial charge in [-0.15, -0.1) is 0 Å². The standard InChI is InChI=1S/C22H25F2N3O3/c1-14-8-10-27(11-9-14)21(29)15-2-5-17(6-3-15)26-22(30)25-13-20(28)18-7-4-16(23)12-19(18)24/h2-7,12,14,20,28H,8-11,13H2,1H3,(H2,25,26,30). The summed E-state index contributed by atoms with van der Waals surface area (Å²) in [4.78, 5) is 26.4. The predicted octanol–water partition coefficient (Wildman–Crippen LogP) is 3.69. The highest BCUT2D eigenvalue weighted by molar-refractivity contribution is 5.95. The van der Waals surface area contributed by atoms with E-state index in [-0.39, 0.29) is 18.0 Å². The molecular formula is C22H25F2N3O3. The van der Waals surface area contributed by atoms with Gasteiger partial charge < -0.3 is 20.6 Å². The smallest absolute Gasteiger partial charge is 0.319 e. The lowest BCUT2D eigenvalue weighted by atomic mass is 9.98. The summed E-state index contributed by atoms with van der Waals surface area (Å²) in [6.07, 6.45) is 0.682. The molecule has 3 amide bonds. The van der Waals surface area contributed by atoms with Gasteiger partial charge in [-0.25, -0.2) is 13.6 Å². The Kier molecular flexibility index (Phi) is 6.99.